The first-order chi connectivity index (χ1) is 7.60. The molecule has 1 aromatic rings. The Labute approximate surface area is 99.0 Å². The van der Waals surface area contributed by atoms with Gasteiger partial charge in [0.25, 0.3) is 0 Å². The molecule has 2 unspecified atom stereocenters. The fourth-order valence-corrected chi connectivity index (χ4v) is 2.90. The molecule has 1 aliphatic carbocycles. The van der Waals surface area contributed by atoms with Gasteiger partial charge in [0.2, 0.25) is 0 Å². The van der Waals surface area contributed by atoms with Gasteiger partial charge in [-0.3, -0.25) is 0 Å². The van der Waals surface area contributed by atoms with Crippen LogP contribution in [0.3, 0.4) is 0 Å². The highest BCUT2D eigenvalue weighted by atomic mass is 14.8. The van der Waals surface area contributed by atoms with Crippen molar-refractivity contribution < 1.29 is 0 Å². The molecule has 0 aliphatic heterocycles. The Morgan fingerprint density at radius 2 is 2.19 bits per heavy atom. The van der Waals surface area contributed by atoms with Crippen LogP contribution in [0.5, 0.6) is 0 Å². The molecule has 1 nitrogen and oxygen atoms in total. The van der Waals surface area contributed by atoms with Gasteiger partial charge in [0.1, 0.15) is 0 Å². The van der Waals surface area contributed by atoms with E-state index in [2.05, 4.69) is 38.1 Å². The third-order valence-corrected chi connectivity index (χ3v) is 4.13. The smallest absolute Gasteiger partial charge is 0.0221 e. The van der Waals surface area contributed by atoms with Gasteiger partial charge in [-0.15, -0.1) is 0 Å². The van der Waals surface area contributed by atoms with E-state index in [4.69, 9.17) is 5.73 Å². The maximum Gasteiger partial charge on any atom is 0.0221 e. The van der Waals surface area contributed by atoms with Gasteiger partial charge in [-0.25, -0.2) is 0 Å². The average Bonchev–Trinajstić information content (AvgIpc) is 2.23. The third-order valence-electron chi connectivity index (χ3n) is 4.13. The molecular formula is C15H23N. The summed E-state index contributed by atoms with van der Waals surface area (Å²) < 4.78 is 0. The third kappa shape index (κ3) is 2.46. The molecule has 2 rings (SSSR count). The summed E-state index contributed by atoms with van der Waals surface area (Å²) >= 11 is 0. The molecule has 1 heteroatoms. The number of hydrogen-bond donors (Lipinski definition) is 1. The molecule has 0 heterocycles. The molecule has 1 aromatic carbocycles. The van der Waals surface area contributed by atoms with Crippen LogP contribution in [0.2, 0.25) is 0 Å². The van der Waals surface area contributed by atoms with Crippen molar-refractivity contribution in [2.75, 3.05) is 0 Å². The number of benzene rings is 1. The Bertz CT molecular complexity index is 358. The summed E-state index contributed by atoms with van der Waals surface area (Å²) in [5.74, 6) is 0.654. The van der Waals surface area contributed by atoms with Crippen LogP contribution in [0.15, 0.2) is 24.3 Å². The molecule has 88 valence electrons. The van der Waals surface area contributed by atoms with Crippen molar-refractivity contribution in [1.82, 2.24) is 0 Å². The van der Waals surface area contributed by atoms with E-state index in [1.807, 2.05) is 0 Å². The fraction of sp³-hybridized carbons (Fsp3) is 0.600. The van der Waals surface area contributed by atoms with E-state index in [0.29, 0.717) is 5.92 Å². The SMILES string of the molecule is Cc1cccc(CC2(N)CCCCC2C)c1. The minimum Gasteiger partial charge on any atom is -0.325 e. The van der Waals surface area contributed by atoms with Gasteiger partial charge in [-0.1, -0.05) is 49.6 Å². The van der Waals surface area contributed by atoms with Crippen LogP contribution < -0.4 is 5.73 Å². The Balaban J connectivity index is 2.13. The average molecular weight is 217 g/mol. The van der Waals surface area contributed by atoms with Crippen molar-refractivity contribution in [3.05, 3.63) is 35.4 Å². The molecule has 0 amide bonds. The van der Waals surface area contributed by atoms with Crippen molar-refractivity contribution in [3.63, 3.8) is 0 Å². The summed E-state index contributed by atoms with van der Waals surface area (Å²) in [6.45, 7) is 4.46. The zero-order valence-corrected chi connectivity index (χ0v) is 10.5. The van der Waals surface area contributed by atoms with Crippen LogP contribution in [-0.2, 0) is 6.42 Å². The van der Waals surface area contributed by atoms with Crippen LogP contribution in [0.1, 0.15) is 43.7 Å². The lowest BCUT2D eigenvalue weighted by Gasteiger charge is -2.39. The Morgan fingerprint density at radius 3 is 2.88 bits per heavy atom. The summed E-state index contributed by atoms with van der Waals surface area (Å²) in [6.07, 6.45) is 6.17. The summed E-state index contributed by atoms with van der Waals surface area (Å²) in [7, 11) is 0. The van der Waals surface area contributed by atoms with E-state index in [9.17, 15) is 0 Å². The lowest BCUT2D eigenvalue weighted by molar-refractivity contribution is 0.204. The van der Waals surface area contributed by atoms with E-state index in [1.165, 1.54) is 36.8 Å². The number of nitrogens with two attached hydrogens (primary N) is 1. The maximum absolute atomic E-state index is 6.58. The molecule has 2 atom stereocenters. The quantitative estimate of drug-likeness (QED) is 0.806. The summed E-state index contributed by atoms with van der Waals surface area (Å²) in [5.41, 5.74) is 9.36. The van der Waals surface area contributed by atoms with Gasteiger partial charge in [-0.2, -0.15) is 0 Å². The van der Waals surface area contributed by atoms with Crippen molar-refractivity contribution >= 4 is 0 Å². The molecule has 16 heavy (non-hydrogen) atoms. The highest BCUT2D eigenvalue weighted by Gasteiger charge is 2.34. The second-order valence-corrected chi connectivity index (χ2v) is 5.55. The van der Waals surface area contributed by atoms with Crippen LogP contribution >= 0.6 is 0 Å². The molecule has 2 N–H and O–H groups in total. The highest BCUT2D eigenvalue weighted by molar-refractivity contribution is 5.24. The monoisotopic (exact) mass is 217 g/mol. The molecule has 1 saturated carbocycles. The largest absolute Gasteiger partial charge is 0.325 e. The standard InChI is InChI=1S/C15H23N/c1-12-6-5-8-14(10-12)11-15(16)9-4-3-7-13(15)2/h5-6,8,10,13H,3-4,7,9,11,16H2,1-2H3. The zero-order chi connectivity index (χ0) is 11.6. The van der Waals surface area contributed by atoms with Gasteiger partial charge in [0.15, 0.2) is 0 Å². The van der Waals surface area contributed by atoms with Gasteiger partial charge < -0.3 is 5.73 Å². The molecule has 1 aliphatic rings. The molecule has 0 radical (unpaired) electrons. The summed E-state index contributed by atoms with van der Waals surface area (Å²) in [6, 6.07) is 8.78. The van der Waals surface area contributed by atoms with Crippen LogP contribution in [-0.4, -0.2) is 5.54 Å². The van der Waals surface area contributed by atoms with E-state index in [-0.39, 0.29) is 5.54 Å². The molecular weight excluding hydrogens is 194 g/mol. The minimum absolute atomic E-state index is 0.0338. The normalized spacial score (nSPS) is 30.3. The lowest BCUT2D eigenvalue weighted by atomic mass is 9.71. The first kappa shape index (κ1) is 11.7. The van der Waals surface area contributed by atoms with Gasteiger partial charge in [0, 0.05) is 5.54 Å². The number of rotatable bonds is 2. The number of aryl methyl sites for hydroxylation is 1. The maximum atomic E-state index is 6.58. The summed E-state index contributed by atoms with van der Waals surface area (Å²) in [4.78, 5) is 0. The molecule has 1 fully saturated rings. The lowest BCUT2D eigenvalue weighted by Crippen LogP contribution is -2.49. The van der Waals surface area contributed by atoms with E-state index in [1.54, 1.807) is 0 Å². The second-order valence-electron chi connectivity index (χ2n) is 5.55. The molecule has 0 aromatic heterocycles. The first-order valence-corrected chi connectivity index (χ1v) is 6.44. The van der Waals surface area contributed by atoms with Crippen molar-refractivity contribution in [2.24, 2.45) is 11.7 Å². The van der Waals surface area contributed by atoms with Crippen LogP contribution in [0.4, 0.5) is 0 Å². The second kappa shape index (κ2) is 4.58. The van der Waals surface area contributed by atoms with E-state index < -0.39 is 0 Å². The topological polar surface area (TPSA) is 26.0 Å². The first-order valence-electron chi connectivity index (χ1n) is 6.44. The van der Waals surface area contributed by atoms with Gasteiger partial charge >= 0.3 is 0 Å². The van der Waals surface area contributed by atoms with Crippen molar-refractivity contribution in [2.45, 2.75) is 51.5 Å². The van der Waals surface area contributed by atoms with Crippen molar-refractivity contribution in [1.29, 1.82) is 0 Å². The summed E-state index contributed by atoms with van der Waals surface area (Å²) in [5, 5.41) is 0. The van der Waals surface area contributed by atoms with Crippen molar-refractivity contribution in [3.8, 4) is 0 Å². The highest BCUT2D eigenvalue weighted by Crippen LogP contribution is 2.34. The predicted octanol–water partition coefficient (Wildman–Crippen LogP) is 3.45. The van der Waals surface area contributed by atoms with Crippen LogP contribution in [0.25, 0.3) is 0 Å². The predicted molar refractivity (Wildman–Crippen MR) is 69.4 cm³/mol. The molecule has 0 bridgehead atoms. The van der Waals surface area contributed by atoms with E-state index in [0.717, 1.165) is 6.42 Å². The Kier molecular flexibility index (Phi) is 3.34. The van der Waals surface area contributed by atoms with Crippen LogP contribution in [0, 0.1) is 12.8 Å². The Hall–Kier alpha value is -0.820. The van der Waals surface area contributed by atoms with Gasteiger partial charge in [-0.05, 0) is 37.7 Å². The molecule has 0 spiro atoms. The number of hydrogen-bond acceptors (Lipinski definition) is 1. The Morgan fingerprint density at radius 1 is 1.38 bits per heavy atom. The van der Waals surface area contributed by atoms with Gasteiger partial charge in [0.05, 0.1) is 0 Å². The minimum atomic E-state index is 0.0338. The zero-order valence-electron chi connectivity index (χ0n) is 10.5. The molecule has 0 saturated heterocycles. The fourth-order valence-electron chi connectivity index (χ4n) is 2.90. The van der Waals surface area contributed by atoms with E-state index >= 15 is 0 Å².